The Kier molecular flexibility index (Phi) is 2.75. The Bertz CT molecular complexity index is 335. The van der Waals surface area contributed by atoms with E-state index in [9.17, 15) is 17.6 Å². The molecule has 0 spiro atoms. The number of hydrogen-bond acceptors (Lipinski definition) is 0. The second-order valence-electron chi connectivity index (χ2n) is 3.04. The first-order valence-electron chi connectivity index (χ1n) is 3.78. The summed E-state index contributed by atoms with van der Waals surface area (Å²) in [5, 5.41) is 0. The molecule has 0 saturated carbocycles. The van der Waals surface area contributed by atoms with E-state index in [2.05, 4.69) is 0 Å². The summed E-state index contributed by atoms with van der Waals surface area (Å²) in [5.41, 5.74) is -0.735. The van der Waals surface area contributed by atoms with Crippen molar-refractivity contribution in [3.63, 3.8) is 0 Å². The van der Waals surface area contributed by atoms with E-state index < -0.39 is 23.3 Å². The summed E-state index contributed by atoms with van der Waals surface area (Å²) in [7, 11) is 0.480. The predicted octanol–water partition coefficient (Wildman–Crippen LogP) is 1.67. The molecule has 0 N–H and O–H groups in total. The van der Waals surface area contributed by atoms with Crippen LogP contribution in [0.5, 0.6) is 0 Å². The van der Waals surface area contributed by atoms with Gasteiger partial charge in [-0.15, -0.1) is 0 Å². The summed E-state index contributed by atoms with van der Waals surface area (Å²) < 4.78 is 50.9. The van der Waals surface area contributed by atoms with Crippen molar-refractivity contribution in [3.8, 4) is 0 Å². The molecule has 1 aromatic rings. The van der Waals surface area contributed by atoms with Crippen LogP contribution in [0.3, 0.4) is 0 Å². The van der Waals surface area contributed by atoms with Crippen LogP contribution >= 0.6 is 0 Å². The van der Waals surface area contributed by atoms with Crippen LogP contribution in [0.25, 0.3) is 0 Å². The van der Waals surface area contributed by atoms with Crippen molar-refractivity contribution in [1.29, 1.82) is 0 Å². The molecule has 0 fully saturated rings. The molecule has 1 aromatic carbocycles. The van der Waals surface area contributed by atoms with Gasteiger partial charge in [0.1, 0.15) is 5.82 Å². The Morgan fingerprint density at radius 2 is 1.62 bits per heavy atom. The highest BCUT2D eigenvalue weighted by Crippen LogP contribution is 2.23. The van der Waals surface area contributed by atoms with Gasteiger partial charge in [0.05, 0.1) is 0 Å². The highest BCUT2D eigenvalue weighted by molar-refractivity contribution is 6.12. The maximum Gasteiger partial charge on any atom is 0.194 e. The quantitative estimate of drug-likeness (QED) is 0.285. The van der Waals surface area contributed by atoms with Gasteiger partial charge in [-0.3, -0.25) is 0 Å². The first-order valence-corrected chi connectivity index (χ1v) is 4.93. The summed E-state index contributed by atoms with van der Waals surface area (Å²) in [6.45, 7) is 1.56. The molecule has 0 aliphatic rings. The van der Waals surface area contributed by atoms with Gasteiger partial charge in [-0.05, 0) is 5.54 Å². The average Bonchev–Trinajstić information content (AvgIpc) is 1.99. The lowest BCUT2D eigenvalue weighted by Gasteiger charge is -2.09. The van der Waals surface area contributed by atoms with Crippen LogP contribution < -0.4 is 0 Å². The third kappa shape index (κ3) is 1.74. The average molecular weight is 208 g/mol. The second kappa shape index (κ2) is 3.49. The lowest BCUT2D eigenvalue weighted by molar-refractivity contribution is 0.425. The van der Waals surface area contributed by atoms with Crippen molar-refractivity contribution >= 4 is 10.2 Å². The summed E-state index contributed by atoms with van der Waals surface area (Å²) in [5.74, 6) is -5.50. The fraction of sp³-hybridized carbons (Fsp3) is 0.250. The van der Waals surface area contributed by atoms with E-state index in [-0.39, 0.29) is 11.1 Å². The molecule has 0 aliphatic carbocycles. The van der Waals surface area contributed by atoms with E-state index in [1.54, 1.807) is 6.92 Å². The van der Waals surface area contributed by atoms with Crippen molar-refractivity contribution in [3.05, 3.63) is 34.9 Å². The van der Waals surface area contributed by atoms with Crippen LogP contribution in [0.1, 0.15) is 18.0 Å². The second-order valence-corrected chi connectivity index (χ2v) is 4.77. The standard InChI is InChI=1S/C8H8F4Si/c1-3(13)6-4(9)2-5(10)7(11)8(6)12/h2-3H,1,13H3. The molecular formula is C8H8F4Si. The molecule has 5 heteroatoms. The fourth-order valence-electron chi connectivity index (χ4n) is 1.11. The van der Waals surface area contributed by atoms with Crippen molar-refractivity contribution in [1.82, 2.24) is 0 Å². The molecule has 13 heavy (non-hydrogen) atoms. The maximum atomic E-state index is 12.9. The van der Waals surface area contributed by atoms with Gasteiger partial charge < -0.3 is 0 Å². The highest BCUT2D eigenvalue weighted by Gasteiger charge is 2.20. The molecular weight excluding hydrogens is 200 g/mol. The van der Waals surface area contributed by atoms with Gasteiger partial charge in [0, 0.05) is 21.9 Å². The number of rotatable bonds is 1. The minimum atomic E-state index is -1.60. The first kappa shape index (κ1) is 10.2. The van der Waals surface area contributed by atoms with E-state index >= 15 is 0 Å². The van der Waals surface area contributed by atoms with Gasteiger partial charge >= 0.3 is 0 Å². The van der Waals surface area contributed by atoms with Crippen molar-refractivity contribution in [2.24, 2.45) is 0 Å². The van der Waals surface area contributed by atoms with E-state index in [0.29, 0.717) is 16.3 Å². The van der Waals surface area contributed by atoms with Gasteiger partial charge in [0.2, 0.25) is 0 Å². The Morgan fingerprint density at radius 1 is 1.08 bits per heavy atom. The van der Waals surface area contributed by atoms with Gasteiger partial charge in [0.15, 0.2) is 17.5 Å². The molecule has 0 aliphatic heterocycles. The van der Waals surface area contributed by atoms with Crippen LogP contribution in [0, 0.1) is 23.3 Å². The van der Waals surface area contributed by atoms with Crippen molar-refractivity contribution < 1.29 is 17.6 Å². The SMILES string of the molecule is CC([SiH3])c1c(F)cc(F)c(F)c1F. The maximum absolute atomic E-state index is 12.9. The molecule has 0 aromatic heterocycles. The fourth-order valence-corrected chi connectivity index (χ4v) is 1.64. The summed E-state index contributed by atoms with van der Waals surface area (Å²) in [6, 6.07) is 0.377. The molecule has 1 unspecified atom stereocenters. The lowest BCUT2D eigenvalue weighted by atomic mass is 10.1. The van der Waals surface area contributed by atoms with Gasteiger partial charge in [0.25, 0.3) is 0 Å². The Morgan fingerprint density at radius 3 is 2.08 bits per heavy atom. The molecule has 0 bridgehead atoms. The molecule has 72 valence electrons. The predicted molar refractivity (Wildman–Crippen MR) is 44.6 cm³/mol. The van der Waals surface area contributed by atoms with E-state index in [4.69, 9.17) is 0 Å². The molecule has 0 amide bonds. The topological polar surface area (TPSA) is 0 Å². The molecule has 1 rings (SSSR count). The van der Waals surface area contributed by atoms with E-state index in [0.717, 1.165) is 0 Å². The smallest absolute Gasteiger partial charge is 0.194 e. The van der Waals surface area contributed by atoms with Gasteiger partial charge in [-0.2, -0.15) is 0 Å². The summed E-state index contributed by atoms with van der Waals surface area (Å²) >= 11 is 0. The van der Waals surface area contributed by atoms with E-state index in [1.807, 2.05) is 0 Å². The van der Waals surface area contributed by atoms with Gasteiger partial charge in [-0.1, -0.05) is 6.92 Å². The molecule has 0 nitrogen and oxygen atoms in total. The normalized spacial score (nSPS) is 13.3. The summed E-state index contributed by atoms with van der Waals surface area (Å²) in [4.78, 5) is 0. The van der Waals surface area contributed by atoms with Crippen LogP contribution in [-0.4, -0.2) is 10.2 Å². The zero-order chi connectivity index (χ0) is 10.2. The van der Waals surface area contributed by atoms with Crippen LogP contribution in [0.4, 0.5) is 17.6 Å². The molecule has 0 heterocycles. The largest absolute Gasteiger partial charge is 0.206 e. The summed E-state index contributed by atoms with van der Waals surface area (Å²) in [6.07, 6.45) is 0. The Balaban J connectivity index is 3.44. The Hall–Kier alpha value is -0.843. The molecule has 0 saturated heterocycles. The third-order valence-electron chi connectivity index (χ3n) is 1.73. The van der Waals surface area contributed by atoms with Crippen molar-refractivity contribution in [2.45, 2.75) is 12.5 Å². The zero-order valence-electron chi connectivity index (χ0n) is 7.17. The van der Waals surface area contributed by atoms with Crippen molar-refractivity contribution in [2.75, 3.05) is 0 Å². The van der Waals surface area contributed by atoms with Gasteiger partial charge in [-0.25, -0.2) is 17.6 Å². The zero-order valence-corrected chi connectivity index (χ0v) is 9.17. The van der Waals surface area contributed by atoms with Crippen LogP contribution in [-0.2, 0) is 0 Å². The highest BCUT2D eigenvalue weighted by atomic mass is 28.1. The first-order chi connectivity index (χ1) is 5.95. The van der Waals surface area contributed by atoms with Crippen LogP contribution in [0.2, 0.25) is 0 Å². The number of benzene rings is 1. The minimum Gasteiger partial charge on any atom is -0.206 e. The lowest BCUT2D eigenvalue weighted by Crippen LogP contribution is -2.05. The number of hydrogen-bond donors (Lipinski definition) is 0. The third-order valence-corrected chi connectivity index (χ3v) is 2.30. The molecule has 0 radical (unpaired) electrons. The minimum absolute atomic E-state index is 0.356. The van der Waals surface area contributed by atoms with E-state index in [1.165, 1.54) is 0 Å². The van der Waals surface area contributed by atoms with Crippen LogP contribution in [0.15, 0.2) is 6.07 Å². The molecule has 1 atom stereocenters. The monoisotopic (exact) mass is 208 g/mol. The Labute approximate surface area is 76.0 Å². The number of halogens is 4.